The number of benzene rings is 1. The van der Waals surface area contributed by atoms with Gasteiger partial charge in [0.1, 0.15) is 18.0 Å². The van der Waals surface area contributed by atoms with Crippen molar-refractivity contribution in [3.63, 3.8) is 0 Å². The molecule has 0 saturated carbocycles. The number of amides is 1. The first kappa shape index (κ1) is 21.4. The van der Waals surface area contributed by atoms with Crippen LogP contribution in [0.25, 0.3) is 0 Å². The Kier molecular flexibility index (Phi) is 6.97. The fourth-order valence-corrected chi connectivity index (χ4v) is 4.06. The number of piperidine rings is 1. The van der Waals surface area contributed by atoms with E-state index in [-0.39, 0.29) is 29.9 Å². The summed E-state index contributed by atoms with van der Waals surface area (Å²) in [6.07, 6.45) is -0.538. The highest BCUT2D eigenvalue weighted by molar-refractivity contribution is 7.99. The van der Waals surface area contributed by atoms with E-state index in [1.165, 1.54) is 23.4 Å². The second-order valence-corrected chi connectivity index (χ2v) is 8.52. The molecule has 1 fully saturated rings. The molecule has 2 N–H and O–H groups in total. The molecule has 8 heteroatoms. The summed E-state index contributed by atoms with van der Waals surface area (Å²) in [6.45, 7) is 6.73. The highest BCUT2D eigenvalue weighted by Gasteiger charge is 2.31. The summed E-state index contributed by atoms with van der Waals surface area (Å²) in [5, 5.41) is 10.9. The minimum atomic E-state index is -0.752. The van der Waals surface area contributed by atoms with Gasteiger partial charge in [0.2, 0.25) is 5.91 Å². The molecule has 3 rings (SSSR count). The Bertz CT molecular complexity index is 915. The first-order valence-corrected chi connectivity index (χ1v) is 10.7. The van der Waals surface area contributed by atoms with Crippen molar-refractivity contribution in [3.8, 4) is 5.75 Å². The van der Waals surface area contributed by atoms with E-state index in [2.05, 4.69) is 29.9 Å². The second-order valence-electron chi connectivity index (χ2n) is 7.56. The number of aliphatic hydroxyl groups is 1. The second kappa shape index (κ2) is 9.45. The zero-order chi connectivity index (χ0) is 21.0. The summed E-state index contributed by atoms with van der Waals surface area (Å²) < 4.78 is 6.00. The molecule has 2 aromatic rings. The summed E-state index contributed by atoms with van der Waals surface area (Å²) in [5.74, 6) is 1.20. The average molecular weight is 418 g/mol. The quantitative estimate of drug-likeness (QED) is 0.553. The molecule has 2 heterocycles. The molecule has 29 heavy (non-hydrogen) atoms. The number of H-pyrrole nitrogens is 1. The lowest BCUT2D eigenvalue weighted by Gasteiger charge is -2.36. The molecule has 0 radical (unpaired) electrons. The Labute approximate surface area is 174 Å². The monoisotopic (exact) mass is 417 g/mol. The van der Waals surface area contributed by atoms with E-state index in [1.807, 2.05) is 18.2 Å². The minimum Gasteiger partial charge on any atom is -0.488 e. The predicted octanol–water partition coefficient (Wildman–Crippen LogP) is 2.33. The van der Waals surface area contributed by atoms with E-state index >= 15 is 0 Å². The van der Waals surface area contributed by atoms with Crippen molar-refractivity contribution in [3.05, 3.63) is 51.9 Å². The molecule has 0 bridgehead atoms. The van der Waals surface area contributed by atoms with Crippen molar-refractivity contribution < 1.29 is 14.6 Å². The molecular formula is C21H27N3O4S. The molecule has 1 aromatic heterocycles. The average Bonchev–Trinajstić information content (AvgIpc) is 2.67. The van der Waals surface area contributed by atoms with Crippen LogP contribution >= 0.6 is 11.8 Å². The fourth-order valence-electron chi connectivity index (χ4n) is 3.24. The number of nitrogens with zero attached hydrogens (tertiary/aromatic N) is 2. The van der Waals surface area contributed by atoms with Gasteiger partial charge < -0.3 is 19.7 Å². The third-order valence-electron chi connectivity index (χ3n) is 4.87. The molecule has 7 nitrogen and oxygen atoms in total. The molecular weight excluding hydrogens is 390 g/mol. The number of ether oxygens (including phenoxy) is 1. The van der Waals surface area contributed by atoms with Gasteiger partial charge in [0.05, 0.1) is 12.3 Å². The summed E-state index contributed by atoms with van der Waals surface area (Å²) in [6, 6.07) is 9.31. The number of aliphatic hydroxyl groups excluding tert-OH is 1. The van der Waals surface area contributed by atoms with Gasteiger partial charge in [-0.05, 0) is 30.5 Å². The molecule has 0 aliphatic carbocycles. The van der Waals surface area contributed by atoms with Crippen LogP contribution in [0.4, 0.5) is 0 Å². The Morgan fingerprint density at radius 1 is 1.41 bits per heavy atom. The molecule has 1 aliphatic rings. The van der Waals surface area contributed by atoms with Crippen molar-refractivity contribution >= 4 is 17.7 Å². The number of carbonyl (C=O) groups is 1. The normalized spacial score (nSPS) is 19.4. The number of aromatic nitrogens is 2. The van der Waals surface area contributed by atoms with Crippen LogP contribution < -0.4 is 10.3 Å². The molecule has 1 saturated heterocycles. The van der Waals surface area contributed by atoms with Gasteiger partial charge in [-0.1, -0.05) is 37.7 Å². The van der Waals surface area contributed by atoms with E-state index in [0.717, 1.165) is 5.75 Å². The van der Waals surface area contributed by atoms with Gasteiger partial charge >= 0.3 is 0 Å². The van der Waals surface area contributed by atoms with Gasteiger partial charge in [0, 0.05) is 24.7 Å². The number of aromatic amines is 1. The zero-order valence-electron chi connectivity index (χ0n) is 16.9. The summed E-state index contributed by atoms with van der Waals surface area (Å²) >= 11 is 1.19. The van der Waals surface area contributed by atoms with Crippen LogP contribution in [-0.2, 0) is 4.79 Å². The summed E-state index contributed by atoms with van der Waals surface area (Å²) in [7, 11) is 0. The van der Waals surface area contributed by atoms with Crippen LogP contribution in [-0.4, -0.2) is 56.9 Å². The van der Waals surface area contributed by atoms with Gasteiger partial charge in [-0.15, -0.1) is 0 Å². The third kappa shape index (κ3) is 5.83. The maximum Gasteiger partial charge on any atom is 0.251 e. The third-order valence-corrected chi connectivity index (χ3v) is 5.72. The Hall–Kier alpha value is -2.32. The van der Waals surface area contributed by atoms with Crippen molar-refractivity contribution in [1.29, 1.82) is 0 Å². The van der Waals surface area contributed by atoms with Gasteiger partial charge in [0.15, 0.2) is 5.16 Å². The molecule has 0 spiro atoms. The molecule has 0 unspecified atom stereocenters. The van der Waals surface area contributed by atoms with E-state index in [0.29, 0.717) is 29.7 Å². The van der Waals surface area contributed by atoms with E-state index in [1.54, 1.807) is 11.8 Å². The first-order valence-electron chi connectivity index (χ1n) is 9.75. The Balaban J connectivity index is 1.53. The van der Waals surface area contributed by atoms with Crippen molar-refractivity contribution in [2.45, 2.75) is 50.5 Å². The molecule has 2 atom stereocenters. The van der Waals surface area contributed by atoms with Crippen LogP contribution in [0.1, 0.15) is 37.4 Å². The first-order chi connectivity index (χ1) is 13.8. The molecule has 1 aliphatic heterocycles. The summed E-state index contributed by atoms with van der Waals surface area (Å²) in [4.78, 5) is 32.5. The highest BCUT2D eigenvalue weighted by Crippen LogP contribution is 2.24. The number of rotatable bonds is 6. The fraction of sp³-hybridized carbons (Fsp3) is 0.476. The number of hydrogen-bond donors (Lipinski definition) is 2. The van der Waals surface area contributed by atoms with E-state index in [9.17, 15) is 14.7 Å². The van der Waals surface area contributed by atoms with E-state index in [4.69, 9.17) is 4.74 Å². The van der Waals surface area contributed by atoms with E-state index < -0.39 is 6.10 Å². The van der Waals surface area contributed by atoms with Crippen molar-refractivity contribution in [2.75, 3.05) is 18.8 Å². The largest absolute Gasteiger partial charge is 0.488 e. The smallest absolute Gasteiger partial charge is 0.251 e. The standard InChI is InChI=1S/C21H27N3O4S/c1-13(2)15-5-4-6-16(10-15)28-18-7-8-24(11-17(18)25)20(27)12-29-21-22-14(3)9-19(26)23-21/h4-6,9-10,13,17-18,25H,7-8,11-12H2,1-3H3,(H,22,23,26)/t17-,18-/m1/s1. The molecule has 1 aromatic carbocycles. The van der Waals surface area contributed by atoms with Crippen LogP contribution in [0.15, 0.2) is 40.3 Å². The van der Waals surface area contributed by atoms with Crippen LogP contribution in [0.2, 0.25) is 0 Å². The Morgan fingerprint density at radius 2 is 2.21 bits per heavy atom. The number of nitrogens with one attached hydrogen (secondary N) is 1. The number of β-amino-alcohol motifs (C(OH)–C–C–N with tert-alkyl or cyclic N) is 1. The minimum absolute atomic E-state index is 0.0986. The topological polar surface area (TPSA) is 95.5 Å². The van der Waals surface area contributed by atoms with Crippen molar-refractivity contribution in [2.24, 2.45) is 0 Å². The maximum absolute atomic E-state index is 12.5. The number of thioether (sulfide) groups is 1. The predicted molar refractivity (Wildman–Crippen MR) is 112 cm³/mol. The zero-order valence-corrected chi connectivity index (χ0v) is 17.7. The van der Waals surface area contributed by atoms with Crippen molar-refractivity contribution in [1.82, 2.24) is 14.9 Å². The highest BCUT2D eigenvalue weighted by atomic mass is 32.2. The van der Waals surface area contributed by atoms with Crippen LogP contribution in [0.5, 0.6) is 5.75 Å². The van der Waals surface area contributed by atoms with Crippen LogP contribution in [0, 0.1) is 6.92 Å². The number of aryl methyl sites for hydroxylation is 1. The molecule has 156 valence electrons. The van der Waals surface area contributed by atoms with Gasteiger partial charge in [-0.25, -0.2) is 4.98 Å². The maximum atomic E-state index is 12.5. The van der Waals surface area contributed by atoms with Gasteiger partial charge in [-0.2, -0.15) is 0 Å². The lowest BCUT2D eigenvalue weighted by Crippen LogP contribution is -2.51. The van der Waals surface area contributed by atoms with Gasteiger partial charge in [0.25, 0.3) is 5.56 Å². The molecule has 1 amide bonds. The number of carbonyl (C=O) groups excluding carboxylic acids is 1. The Morgan fingerprint density at radius 3 is 2.90 bits per heavy atom. The number of likely N-dealkylation sites (tertiary alicyclic amines) is 1. The lowest BCUT2D eigenvalue weighted by molar-refractivity contribution is -0.134. The van der Waals surface area contributed by atoms with Crippen LogP contribution in [0.3, 0.4) is 0 Å². The van der Waals surface area contributed by atoms with Gasteiger partial charge in [-0.3, -0.25) is 9.59 Å². The number of hydrogen-bond acceptors (Lipinski definition) is 6. The summed E-state index contributed by atoms with van der Waals surface area (Å²) in [5.41, 5.74) is 1.56. The lowest BCUT2D eigenvalue weighted by atomic mass is 10.0. The SMILES string of the molecule is Cc1cc(=O)[nH]c(SCC(=O)N2CC[C@@H](Oc3cccc(C(C)C)c3)[C@H](O)C2)n1.